The lowest BCUT2D eigenvalue weighted by Gasteiger charge is -2.37. The van der Waals surface area contributed by atoms with Crippen molar-refractivity contribution in [1.82, 2.24) is 10.2 Å². The molecule has 0 aliphatic carbocycles. The summed E-state index contributed by atoms with van der Waals surface area (Å²) >= 11 is 1.32. The van der Waals surface area contributed by atoms with E-state index in [1.807, 2.05) is 37.3 Å². The average molecular weight is 492 g/mol. The van der Waals surface area contributed by atoms with Crippen molar-refractivity contribution in [3.05, 3.63) is 66.2 Å². The third-order valence-corrected chi connectivity index (χ3v) is 6.56. The van der Waals surface area contributed by atoms with Crippen LogP contribution in [0.1, 0.15) is 24.2 Å². The summed E-state index contributed by atoms with van der Waals surface area (Å²) in [6.45, 7) is 7.55. The Morgan fingerprint density at radius 3 is 2.46 bits per heavy atom. The number of thioether (sulfide) groups is 1. The molecule has 2 heterocycles. The molecule has 0 bridgehead atoms. The molecule has 0 saturated carbocycles. The highest BCUT2D eigenvalue weighted by molar-refractivity contribution is 7.99. The standard InChI is InChI=1S/C26H29N5O3S/c1-3-34-23-10-5-4-9-22(23)30-13-15-31(16-14-30)24-11-12-26(29-28-24)35-18-25(33)27-21-8-6-7-20(17-21)19(2)32/h4-12,17H,3,13-16,18H2,1-2H3,(H,27,33). The highest BCUT2D eigenvalue weighted by Gasteiger charge is 2.21. The minimum atomic E-state index is -0.162. The van der Waals surface area contributed by atoms with E-state index in [0.29, 0.717) is 22.9 Å². The fraction of sp³-hybridized carbons (Fsp3) is 0.308. The smallest absolute Gasteiger partial charge is 0.234 e. The first kappa shape index (κ1) is 24.5. The van der Waals surface area contributed by atoms with Crippen LogP contribution in [0.2, 0.25) is 0 Å². The van der Waals surface area contributed by atoms with Gasteiger partial charge < -0.3 is 19.9 Å². The molecule has 0 unspecified atom stereocenters. The van der Waals surface area contributed by atoms with Crippen LogP contribution in [0.3, 0.4) is 0 Å². The first-order valence-corrected chi connectivity index (χ1v) is 12.6. The molecule has 1 saturated heterocycles. The number of amides is 1. The highest BCUT2D eigenvalue weighted by Crippen LogP contribution is 2.29. The maximum absolute atomic E-state index is 12.3. The van der Waals surface area contributed by atoms with Gasteiger partial charge in [-0.25, -0.2) is 0 Å². The molecule has 3 aromatic rings. The fourth-order valence-corrected chi connectivity index (χ4v) is 4.50. The maximum Gasteiger partial charge on any atom is 0.234 e. The van der Waals surface area contributed by atoms with Crippen LogP contribution in [-0.4, -0.2) is 60.4 Å². The molecule has 4 rings (SSSR count). The number of nitrogens with zero attached hydrogens (tertiary/aromatic N) is 4. The molecule has 1 aliphatic rings. The number of benzene rings is 2. The average Bonchev–Trinajstić information content (AvgIpc) is 2.89. The van der Waals surface area contributed by atoms with Crippen molar-refractivity contribution in [2.24, 2.45) is 0 Å². The Balaban J connectivity index is 1.27. The Bertz CT molecular complexity index is 1160. The molecule has 1 fully saturated rings. The van der Waals surface area contributed by atoms with Crippen LogP contribution in [0.4, 0.5) is 17.2 Å². The number of nitrogens with one attached hydrogen (secondary N) is 1. The molecule has 2 aromatic carbocycles. The first-order chi connectivity index (χ1) is 17.0. The summed E-state index contributed by atoms with van der Waals surface area (Å²) in [5.41, 5.74) is 2.29. The van der Waals surface area contributed by atoms with E-state index in [1.165, 1.54) is 18.7 Å². The number of carbonyl (C=O) groups is 2. The van der Waals surface area contributed by atoms with E-state index in [2.05, 4.69) is 31.4 Å². The second-order valence-electron chi connectivity index (χ2n) is 8.08. The number of hydrogen-bond donors (Lipinski definition) is 1. The van der Waals surface area contributed by atoms with Gasteiger partial charge in [-0.3, -0.25) is 9.59 Å². The third-order valence-electron chi connectivity index (χ3n) is 5.64. The van der Waals surface area contributed by atoms with Crippen molar-refractivity contribution in [3.8, 4) is 5.75 Å². The van der Waals surface area contributed by atoms with Crippen molar-refractivity contribution >= 4 is 40.6 Å². The summed E-state index contributed by atoms with van der Waals surface area (Å²) < 4.78 is 5.78. The molecule has 0 atom stereocenters. The van der Waals surface area contributed by atoms with Crippen LogP contribution in [0.25, 0.3) is 0 Å². The van der Waals surface area contributed by atoms with Crippen LogP contribution in [0.15, 0.2) is 65.7 Å². The van der Waals surface area contributed by atoms with E-state index in [1.54, 1.807) is 24.3 Å². The zero-order chi connectivity index (χ0) is 24.6. The molecular formula is C26H29N5O3S. The summed E-state index contributed by atoms with van der Waals surface area (Å²) in [4.78, 5) is 28.4. The van der Waals surface area contributed by atoms with Gasteiger partial charge in [0.2, 0.25) is 5.91 Å². The molecule has 1 aliphatic heterocycles. The third kappa shape index (κ3) is 6.51. The maximum atomic E-state index is 12.3. The van der Waals surface area contributed by atoms with Gasteiger partial charge in [-0.15, -0.1) is 10.2 Å². The van der Waals surface area contributed by atoms with Gasteiger partial charge in [-0.1, -0.05) is 36.0 Å². The van der Waals surface area contributed by atoms with Crippen molar-refractivity contribution in [1.29, 1.82) is 0 Å². The number of hydrogen-bond acceptors (Lipinski definition) is 8. The monoisotopic (exact) mass is 491 g/mol. The lowest BCUT2D eigenvalue weighted by Crippen LogP contribution is -2.47. The molecule has 1 aromatic heterocycles. The number of ether oxygens (including phenoxy) is 1. The van der Waals surface area contributed by atoms with E-state index in [0.717, 1.165) is 43.4 Å². The normalized spacial score (nSPS) is 13.4. The van der Waals surface area contributed by atoms with Gasteiger partial charge >= 0.3 is 0 Å². The number of para-hydroxylation sites is 2. The van der Waals surface area contributed by atoms with E-state index in [4.69, 9.17) is 4.74 Å². The van der Waals surface area contributed by atoms with Crippen LogP contribution in [0, 0.1) is 0 Å². The molecule has 8 nitrogen and oxygen atoms in total. The second kappa shape index (κ2) is 11.7. The largest absolute Gasteiger partial charge is 0.492 e. The molecule has 182 valence electrons. The number of piperazine rings is 1. The Morgan fingerprint density at radius 1 is 0.971 bits per heavy atom. The summed E-state index contributed by atoms with van der Waals surface area (Å²) in [6, 6.07) is 18.9. The molecule has 35 heavy (non-hydrogen) atoms. The summed E-state index contributed by atoms with van der Waals surface area (Å²) in [5, 5.41) is 12.2. The Morgan fingerprint density at radius 2 is 1.74 bits per heavy atom. The number of carbonyl (C=O) groups excluding carboxylic acids is 2. The van der Waals surface area contributed by atoms with Gasteiger partial charge in [0.05, 0.1) is 18.0 Å². The Kier molecular flexibility index (Phi) is 8.20. The van der Waals surface area contributed by atoms with Crippen LogP contribution >= 0.6 is 11.8 Å². The predicted molar refractivity (Wildman–Crippen MR) is 140 cm³/mol. The summed E-state index contributed by atoms with van der Waals surface area (Å²) in [6.07, 6.45) is 0. The van der Waals surface area contributed by atoms with Crippen molar-refractivity contribution in [2.45, 2.75) is 18.9 Å². The fourth-order valence-electron chi connectivity index (χ4n) is 3.88. The minimum Gasteiger partial charge on any atom is -0.492 e. The van der Waals surface area contributed by atoms with Crippen LogP contribution < -0.4 is 19.9 Å². The second-order valence-corrected chi connectivity index (χ2v) is 9.07. The van der Waals surface area contributed by atoms with Crippen LogP contribution in [0.5, 0.6) is 5.75 Å². The summed E-state index contributed by atoms with van der Waals surface area (Å²) in [7, 11) is 0. The van der Waals surface area contributed by atoms with Gasteiger partial charge in [0, 0.05) is 37.4 Å². The molecule has 0 radical (unpaired) electrons. The van der Waals surface area contributed by atoms with Gasteiger partial charge in [-0.05, 0) is 50.2 Å². The van der Waals surface area contributed by atoms with Crippen LogP contribution in [-0.2, 0) is 4.79 Å². The van der Waals surface area contributed by atoms with Gasteiger partial charge in [0.25, 0.3) is 0 Å². The SMILES string of the molecule is CCOc1ccccc1N1CCN(c2ccc(SCC(=O)Nc3cccc(C(C)=O)c3)nn2)CC1. The van der Waals surface area contributed by atoms with Gasteiger partial charge in [0.1, 0.15) is 10.8 Å². The lowest BCUT2D eigenvalue weighted by atomic mass is 10.1. The summed E-state index contributed by atoms with van der Waals surface area (Å²) in [5.74, 6) is 1.75. The Hall–Kier alpha value is -3.59. The Labute approximate surface area is 209 Å². The van der Waals surface area contributed by atoms with Crippen molar-refractivity contribution < 1.29 is 14.3 Å². The van der Waals surface area contributed by atoms with E-state index >= 15 is 0 Å². The minimum absolute atomic E-state index is 0.0393. The van der Waals surface area contributed by atoms with E-state index in [-0.39, 0.29) is 17.4 Å². The molecule has 0 spiro atoms. The van der Waals surface area contributed by atoms with Crippen molar-refractivity contribution in [3.63, 3.8) is 0 Å². The quantitative estimate of drug-likeness (QED) is 0.353. The number of aromatic nitrogens is 2. The van der Waals surface area contributed by atoms with Crippen molar-refractivity contribution in [2.75, 3.05) is 53.7 Å². The topological polar surface area (TPSA) is 87.7 Å². The molecule has 9 heteroatoms. The zero-order valence-corrected chi connectivity index (χ0v) is 20.8. The predicted octanol–water partition coefficient (Wildman–Crippen LogP) is 4.14. The number of Topliss-reactive ketones (excluding diaryl/α,β-unsaturated/α-hetero) is 1. The number of ketones is 1. The molecule has 1 N–H and O–H groups in total. The lowest BCUT2D eigenvalue weighted by molar-refractivity contribution is -0.113. The first-order valence-electron chi connectivity index (χ1n) is 11.6. The molecular weight excluding hydrogens is 462 g/mol. The number of anilines is 3. The van der Waals surface area contributed by atoms with E-state index < -0.39 is 0 Å². The highest BCUT2D eigenvalue weighted by atomic mass is 32.2. The zero-order valence-electron chi connectivity index (χ0n) is 19.9. The van der Waals surface area contributed by atoms with E-state index in [9.17, 15) is 9.59 Å². The van der Waals surface area contributed by atoms with Gasteiger partial charge in [0.15, 0.2) is 11.6 Å². The number of rotatable bonds is 9. The van der Waals surface area contributed by atoms with Gasteiger partial charge in [-0.2, -0.15) is 0 Å². The molecule has 1 amide bonds.